The van der Waals surface area contributed by atoms with E-state index in [0.29, 0.717) is 12.8 Å². The standard InChI is InChI=1S/C17H16BrNO2/c18-13-3-4-14-12(8-13)2-5-15(14)19-9-11-1-6-16-17(7-11)21-10-20-16/h1,3-4,6-8,15,19H,2,5,9-10H2. The molecule has 3 nitrogen and oxygen atoms in total. The summed E-state index contributed by atoms with van der Waals surface area (Å²) in [5, 5.41) is 3.65. The Morgan fingerprint density at radius 1 is 1.10 bits per heavy atom. The molecule has 0 saturated carbocycles. The fraction of sp³-hybridized carbons (Fsp3) is 0.294. The van der Waals surface area contributed by atoms with Crippen molar-refractivity contribution in [1.82, 2.24) is 5.32 Å². The Kier molecular flexibility index (Phi) is 3.36. The summed E-state index contributed by atoms with van der Waals surface area (Å²) in [4.78, 5) is 0. The summed E-state index contributed by atoms with van der Waals surface area (Å²) in [6.45, 7) is 1.17. The first-order chi connectivity index (χ1) is 10.3. The molecule has 0 aromatic heterocycles. The number of ether oxygens (including phenoxy) is 2. The number of nitrogens with one attached hydrogen (secondary N) is 1. The number of benzene rings is 2. The molecule has 0 fully saturated rings. The van der Waals surface area contributed by atoms with Crippen LogP contribution in [0.2, 0.25) is 0 Å². The molecule has 2 aromatic carbocycles. The van der Waals surface area contributed by atoms with E-state index in [1.165, 1.54) is 16.7 Å². The molecule has 21 heavy (non-hydrogen) atoms. The maximum atomic E-state index is 5.43. The van der Waals surface area contributed by atoms with E-state index >= 15 is 0 Å². The van der Waals surface area contributed by atoms with Crippen molar-refractivity contribution in [3.8, 4) is 11.5 Å². The lowest BCUT2D eigenvalue weighted by Gasteiger charge is -2.14. The number of rotatable bonds is 3. The zero-order chi connectivity index (χ0) is 14.2. The molecule has 1 N–H and O–H groups in total. The van der Waals surface area contributed by atoms with Gasteiger partial charge in [0.25, 0.3) is 0 Å². The Balaban J connectivity index is 1.46. The molecule has 1 unspecified atom stereocenters. The summed E-state index contributed by atoms with van der Waals surface area (Å²) in [5.74, 6) is 1.69. The van der Waals surface area contributed by atoms with Crippen LogP contribution in [0.25, 0.3) is 0 Å². The lowest BCUT2D eigenvalue weighted by Crippen LogP contribution is -2.18. The normalized spacial score (nSPS) is 18.8. The summed E-state index contributed by atoms with van der Waals surface area (Å²) in [6, 6.07) is 13.2. The van der Waals surface area contributed by atoms with Gasteiger partial charge >= 0.3 is 0 Å². The maximum Gasteiger partial charge on any atom is 0.231 e. The third-order valence-corrected chi connectivity index (χ3v) is 4.67. The smallest absolute Gasteiger partial charge is 0.231 e. The summed E-state index contributed by atoms with van der Waals surface area (Å²) >= 11 is 3.54. The number of hydrogen-bond donors (Lipinski definition) is 1. The Morgan fingerprint density at radius 3 is 2.95 bits per heavy atom. The van der Waals surface area contributed by atoms with E-state index in [2.05, 4.69) is 51.6 Å². The molecule has 108 valence electrons. The highest BCUT2D eigenvalue weighted by Crippen LogP contribution is 2.35. The second-order valence-corrected chi connectivity index (χ2v) is 6.42. The number of aryl methyl sites for hydroxylation is 1. The SMILES string of the molecule is Brc1ccc2c(c1)CCC2NCc1ccc2c(c1)OCO2. The number of halogens is 1. The third-order valence-electron chi connectivity index (χ3n) is 4.17. The van der Waals surface area contributed by atoms with Crippen LogP contribution in [0.4, 0.5) is 0 Å². The first-order valence-corrected chi connectivity index (χ1v) is 7.99. The zero-order valence-electron chi connectivity index (χ0n) is 11.6. The van der Waals surface area contributed by atoms with E-state index in [4.69, 9.17) is 9.47 Å². The van der Waals surface area contributed by atoms with Gasteiger partial charge in [-0.25, -0.2) is 0 Å². The molecule has 1 aliphatic heterocycles. The van der Waals surface area contributed by atoms with E-state index in [0.717, 1.165) is 35.4 Å². The molecule has 0 saturated heterocycles. The topological polar surface area (TPSA) is 30.5 Å². The van der Waals surface area contributed by atoms with Gasteiger partial charge in [0, 0.05) is 17.1 Å². The lowest BCUT2D eigenvalue weighted by atomic mass is 10.1. The van der Waals surface area contributed by atoms with Gasteiger partial charge in [0.1, 0.15) is 0 Å². The molecular weight excluding hydrogens is 330 g/mol. The van der Waals surface area contributed by atoms with E-state index in [-0.39, 0.29) is 0 Å². The molecule has 0 amide bonds. The van der Waals surface area contributed by atoms with Crippen LogP contribution in [-0.4, -0.2) is 6.79 Å². The second-order valence-electron chi connectivity index (χ2n) is 5.50. The first-order valence-electron chi connectivity index (χ1n) is 7.20. The zero-order valence-corrected chi connectivity index (χ0v) is 13.2. The molecule has 4 heteroatoms. The number of fused-ring (bicyclic) bond motifs is 2. The van der Waals surface area contributed by atoms with Crippen LogP contribution in [0, 0.1) is 0 Å². The fourth-order valence-electron chi connectivity index (χ4n) is 3.09. The van der Waals surface area contributed by atoms with Crippen molar-refractivity contribution in [3.63, 3.8) is 0 Å². The Labute approximate surface area is 132 Å². The van der Waals surface area contributed by atoms with Gasteiger partial charge in [-0.1, -0.05) is 28.1 Å². The summed E-state index contributed by atoms with van der Waals surface area (Å²) < 4.78 is 11.9. The van der Waals surface area contributed by atoms with Crippen LogP contribution in [0.1, 0.15) is 29.2 Å². The van der Waals surface area contributed by atoms with E-state index in [9.17, 15) is 0 Å². The maximum absolute atomic E-state index is 5.43. The van der Waals surface area contributed by atoms with Gasteiger partial charge in [0.15, 0.2) is 11.5 Å². The van der Waals surface area contributed by atoms with Gasteiger partial charge in [0.2, 0.25) is 6.79 Å². The summed E-state index contributed by atoms with van der Waals surface area (Å²) in [5.41, 5.74) is 4.11. The fourth-order valence-corrected chi connectivity index (χ4v) is 3.50. The molecule has 2 aliphatic rings. The molecule has 1 atom stereocenters. The van der Waals surface area contributed by atoms with E-state index < -0.39 is 0 Å². The van der Waals surface area contributed by atoms with Crippen LogP contribution < -0.4 is 14.8 Å². The van der Waals surface area contributed by atoms with Gasteiger partial charge in [0.05, 0.1) is 0 Å². The monoisotopic (exact) mass is 345 g/mol. The van der Waals surface area contributed by atoms with Gasteiger partial charge in [-0.15, -0.1) is 0 Å². The molecule has 0 spiro atoms. The minimum Gasteiger partial charge on any atom is -0.454 e. The largest absolute Gasteiger partial charge is 0.454 e. The average molecular weight is 346 g/mol. The molecule has 1 heterocycles. The average Bonchev–Trinajstić information content (AvgIpc) is 3.10. The van der Waals surface area contributed by atoms with Crippen molar-refractivity contribution in [2.75, 3.05) is 6.79 Å². The van der Waals surface area contributed by atoms with Gasteiger partial charge in [-0.3, -0.25) is 0 Å². The van der Waals surface area contributed by atoms with Gasteiger partial charge in [-0.05, 0) is 53.8 Å². The summed E-state index contributed by atoms with van der Waals surface area (Å²) in [7, 11) is 0. The van der Waals surface area contributed by atoms with Crippen LogP contribution in [0.5, 0.6) is 11.5 Å². The van der Waals surface area contributed by atoms with Crippen molar-refractivity contribution < 1.29 is 9.47 Å². The van der Waals surface area contributed by atoms with Crippen molar-refractivity contribution in [2.24, 2.45) is 0 Å². The Morgan fingerprint density at radius 2 is 2.00 bits per heavy atom. The lowest BCUT2D eigenvalue weighted by molar-refractivity contribution is 0.174. The van der Waals surface area contributed by atoms with Gasteiger partial charge in [-0.2, -0.15) is 0 Å². The third kappa shape index (κ3) is 2.54. The van der Waals surface area contributed by atoms with Gasteiger partial charge < -0.3 is 14.8 Å². The molecule has 0 bridgehead atoms. The highest BCUT2D eigenvalue weighted by Gasteiger charge is 2.22. The Hall–Kier alpha value is -1.52. The highest BCUT2D eigenvalue weighted by atomic mass is 79.9. The van der Waals surface area contributed by atoms with Crippen LogP contribution >= 0.6 is 15.9 Å². The summed E-state index contributed by atoms with van der Waals surface area (Å²) in [6.07, 6.45) is 2.31. The van der Waals surface area contributed by atoms with E-state index in [1.54, 1.807) is 0 Å². The van der Waals surface area contributed by atoms with Crippen LogP contribution in [-0.2, 0) is 13.0 Å². The van der Waals surface area contributed by atoms with Crippen molar-refractivity contribution >= 4 is 15.9 Å². The molecule has 1 aliphatic carbocycles. The second kappa shape index (κ2) is 5.35. The molecule has 2 aromatic rings. The van der Waals surface area contributed by atoms with Crippen LogP contribution in [0.3, 0.4) is 0 Å². The predicted molar refractivity (Wildman–Crippen MR) is 84.6 cm³/mol. The minimum absolute atomic E-state index is 0.330. The van der Waals surface area contributed by atoms with Crippen molar-refractivity contribution in [3.05, 3.63) is 57.6 Å². The van der Waals surface area contributed by atoms with Crippen molar-refractivity contribution in [2.45, 2.75) is 25.4 Å². The van der Waals surface area contributed by atoms with E-state index in [1.807, 2.05) is 6.07 Å². The van der Waals surface area contributed by atoms with Crippen LogP contribution in [0.15, 0.2) is 40.9 Å². The van der Waals surface area contributed by atoms with Crippen molar-refractivity contribution in [1.29, 1.82) is 0 Å². The highest BCUT2D eigenvalue weighted by molar-refractivity contribution is 9.10. The predicted octanol–water partition coefficient (Wildman–Crippen LogP) is 3.95. The Bertz CT molecular complexity index is 686. The molecule has 0 radical (unpaired) electrons. The molecular formula is C17H16BrNO2. The number of hydrogen-bond acceptors (Lipinski definition) is 3. The molecule has 4 rings (SSSR count). The quantitative estimate of drug-likeness (QED) is 0.913. The minimum atomic E-state index is 0.330. The first kappa shape index (κ1) is 13.2.